The third-order valence-corrected chi connectivity index (χ3v) is 3.58. The fraction of sp³-hybridized carbons (Fsp3) is 0.588. The predicted molar refractivity (Wildman–Crippen MR) is 87.4 cm³/mol. The van der Waals surface area contributed by atoms with Gasteiger partial charge in [-0.25, -0.2) is 0 Å². The van der Waals surface area contributed by atoms with Crippen LogP contribution in [0.3, 0.4) is 0 Å². The minimum atomic E-state index is -0.618. The highest BCUT2D eigenvalue weighted by Gasteiger charge is 2.28. The summed E-state index contributed by atoms with van der Waals surface area (Å²) in [4.78, 5) is 14.0. The predicted octanol–water partition coefficient (Wildman–Crippen LogP) is 1.97. The van der Waals surface area contributed by atoms with Gasteiger partial charge >= 0.3 is 5.97 Å². The van der Waals surface area contributed by atoms with Gasteiger partial charge in [-0.15, -0.1) is 0 Å². The number of hydrogen-bond acceptors (Lipinski definition) is 6. The number of carbonyl (C=O) groups is 1. The van der Waals surface area contributed by atoms with Gasteiger partial charge in [-0.1, -0.05) is 19.2 Å². The SMILES string of the molecule is C=CC1=C(C=C)OCN(C(C)C(=O)OC(C)OCCCCO)C1. The third-order valence-electron chi connectivity index (χ3n) is 3.58. The molecule has 2 unspecified atom stereocenters. The first-order valence-corrected chi connectivity index (χ1v) is 7.81. The van der Waals surface area contributed by atoms with E-state index in [-0.39, 0.29) is 12.6 Å². The van der Waals surface area contributed by atoms with Crippen LogP contribution in [0.15, 0.2) is 36.6 Å². The summed E-state index contributed by atoms with van der Waals surface area (Å²) < 4.78 is 16.2. The zero-order valence-electron chi connectivity index (χ0n) is 14.0. The molecule has 0 aliphatic carbocycles. The normalized spacial score (nSPS) is 18.0. The minimum absolute atomic E-state index is 0.134. The summed E-state index contributed by atoms with van der Waals surface area (Å²) >= 11 is 0. The monoisotopic (exact) mass is 325 g/mol. The number of rotatable bonds is 10. The van der Waals surface area contributed by atoms with E-state index in [9.17, 15) is 4.79 Å². The van der Waals surface area contributed by atoms with E-state index in [1.165, 1.54) is 0 Å². The van der Waals surface area contributed by atoms with Crippen LogP contribution in [0.2, 0.25) is 0 Å². The molecule has 0 bridgehead atoms. The van der Waals surface area contributed by atoms with Crippen molar-refractivity contribution in [2.45, 2.75) is 39.0 Å². The molecule has 2 atom stereocenters. The van der Waals surface area contributed by atoms with Gasteiger partial charge < -0.3 is 19.3 Å². The van der Waals surface area contributed by atoms with E-state index < -0.39 is 12.3 Å². The van der Waals surface area contributed by atoms with Crippen molar-refractivity contribution >= 4 is 5.97 Å². The molecular weight excluding hydrogens is 298 g/mol. The lowest BCUT2D eigenvalue weighted by molar-refractivity contribution is -0.181. The number of aliphatic hydroxyl groups excluding tert-OH is 1. The zero-order chi connectivity index (χ0) is 17.2. The quantitative estimate of drug-likeness (QED) is 0.376. The first kappa shape index (κ1) is 19.4. The Labute approximate surface area is 138 Å². The maximum absolute atomic E-state index is 12.2. The van der Waals surface area contributed by atoms with Gasteiger partial charge in [0.15, 0.2) is 6.29 Å². The second kappa shape index (κ2) is 10.2. The van der Waals surface area contributed by atoms with Gasteiger partial charge in [0.1, 0.15) is 18.5 Å². The van der Waals surface area contributed by atoms with Crippen LogP contribution in [0.4, 0.5) is 0 Å². The molecule has 6 heteroatoms. The number of unbranched alkanes of at least 4 members (excludes halogenated alkanes) is 1. The molecular formula is C17H27NO5. The highest BCUT2D eigenvalue weighted by atomic mass is 16.7. The second-order valence-electron chi connectivity index (χ2n) is 5.30. The number of nitrogens with zero attached hydrogens (tertiary/aromatic N) is 1. The molecule has 0 radical (unpaired) electrons. The molecule has 0 aromatic rings. The van der Waals surface area contributed by atoms with E-state index in [0.29, 0.717) is 32.1 Å². The lowest BCUT2D eigenvalue weighted by Crippen LogP contribution is -2.45. The van der Waals surface area contributed by atoms with Crippen molar-refractivity contribution in [2.75, 3.05) is 26.5 Å². The highest BCUT2D eigenvalue weighted by Crippen LogP contribution is 2.19. The van der Waals surface area contributed by atoms with Crippen molar-refractivity contribution in [3.05, 3.63) is 36.6 Å². The average molecular weight is 325 g/mol. The lowest BCUT2D eigenvalue weighted by Gasteiger charge is -2.32. The first-order valence-electron chi connectivity index (χ1n) is 7.81. The smallest absolute Gasteiger partial charge is 0.325 e. The Morgan fingerprint density at radius 1 is 1.39 bits per heavy atom. The molecule has 0 spiro atoms. The van der Waals surface area contributed by atoms with Gasteiger partial charge in [-0.05, 0) is 32.8 Å². The summed E-state index contributed by atoms with van der Waals surface area (Å²) in [6.07, 6.45) is 4.12. The van der Waals surface area contributed by atoms with Crippen LogP contribution in [0, 0.1) is 0 Å². The number of hydrogen-bond donors (Lipinski definition) is 1. The summed E-state index contributed by atoms with van der Waals surface area (Å²) in [7, 11) is 0. The Morgan fingerprint density at radius 3 is 2.74 bits per heavy atom. The number of allylic oxidation sites excluding steroid dienone is 1. The largest absolute Gasteiger partial charge is 0.478 e. The topological polar surface area (TPSA) is 68.2 Å². The molecule has 0 fully saturated rings. The standard InChI is InChI=1S/C17H27NO5/c1-5-15-11-18(12-22-16(15)6-2)13(3)17(20)23-14(4)21-10-8-7-9-19/h5-6,13-14,19H,1-2,7-12H2,3-4H3. The summed E-state index contributed by atoms with van der Waals surface area (Å²) in [5, 5.41) is 8.70. The van der Waals surface area contributed by atoms with Crippen molar-refractivity contribution in [3.8, 4) is 0 Å². The number of carbonyl (C=O) groups excluding carboxylic acids is 1. The molecule has 1 heterocycles. The van der Waals surface area contributed by atoms with E-state index in [0.717, 1.165) is 12.0 Å². The molecule has 1 aliphatic rings. The fourth-order valence-electron chi connectivity index (χ4n) is 2.10. The van der Waals surface area contributed by atoms with Crippen molar-refractivity contribution < 1.29 is 24.1 Å². The maximum atomic E-state index is 12.2. The van der Waals surface area contributed by atoms with Crippen molar-refractivity contribution in [1.82, 2.24) is 4.90 Å². The average Bonchev–Trinajstić information content (AvgIpc) is 2.57. The molecule has 0 amide bonds. The molecule has 1 N–H and O–H groups in total. The Kier molecular flexibility index (Phi) is 8.61. The maximum Gasteiger partial charge on any atom is 0.325 e. The second-order valence-corrected chi connectivity index (χ2v) is 5.30. The molecule has 0 aromatic heterocycles. The van der Waals surface area contributed by atoms with E-state index in [2.05, 4.69) is 13.2 Å². The van der Waals surface area contributed by atoms with Crippen LogP contribution in [0.1, 0.15) is 26.7 Å². The Balaban J connectivity index is 2.46. The van der Waals surface area contributed by atoms with E-state index >= 15 is 0 Å². The molecule has 23 heavy (non-hydrogen) atoms. The molecule has 0 saturated carbocycles. The molecule has 1 aliphatic heterocycles. The van der Waals surface area contributed by atoms with Crippen LogP contribution < -0.4 is 0 Å². The third kappa shape index (κ3) is 6.17. The highest BCUT2D eigenvalue weighted by molar-refractivity contribution is 5.75. The van der Waals surface area contributed by atoms with E-state index in [4.69, 9.17) is 19.3 Å². The lowest BCUT2D eigenvalue weighted by atomic mass is 10.1. The van der Waals surface area contributed by atoms with Gasteiger partial charge in [0.25, 0.3) is 0 Å². The van der Waals surface area contributed by atoms with Gasteiger partial charge in [0.2, 0.25) is 0 Å². The zero-order valence-corrected chi connectivity index (χ0v) is 14.0. The van der Waals surface area contributed by atoms with Gasteiger partial charge in [-0.2, -0.15) is 0 Å². The summed E-state index contributed by atoms with van der Waals surface area (Å²) in [6, 6.07) is -0.459. The molecule has 6 nitrogen and oxygen atoms in total. The Hall–Kier alpha value is -1.63. The van der Waals surface area contributed by atoms with Crippen molar-refractivity contribution in [2.24, 2.45) is 0 Å². The molecule has 0 aromatic carbocycles. The van der Waals surface area contributed by atoms with Gasteiger partial charge in [-0.3, -0.25) is 9.69 Å². The van der Waals surface area contributed by atoms with Crippen LogP contribution in [0.5, 0.6) is 0 Å². The summed E-state index contributed by atoms with van der Waals surface area (Å²) in [6.45, 7) is 12.3. The molecule has 130 valence electrons. The first-order chi connectivity index (χ1) is 11.0. The minimum Gasteiger partial charge on any atom is -0.478 e. The van der Waals surface area contributed by atoms with Crippen LogP contribution in [0.25, 0.3) is 0 Å². The fourth-order valence-corrected chi connectivity index (χ4v) is 2.10. The van der Waals surface area contributed by atoms with E-state index in [1.807, 2.05) is 4.90 Å². The number of esters is 1. The molecule has 0 saturated heterocycles. The van der Waals surface area contributed by atoms with Crippen LogP contribution in [-0.4, -0.2) is 54.8 Å². The molecule has 1 rings (SSSR count). The van der Waals surface area contributed by atoms with Crippen LogP contribution >= 0.6 is 0 Å². The van der Waals surface area contributed by atoms with Gasteiger partial charge in [0.05, 0.1) is 6.61 Å². The van der Waals surface area contributed by atoms with Crippen molar-refractivity contribution in [3.63, 3.8) is 0 Å². The Bertz CT molecular complexity index is 446. The van der Waals surface area contributed by atoms with E-state index in [1.54, 1.807) is 26.0 Å². The summed E-state index contributed by atoms with van der Waals surface area (Å²) in [5.74, 6) is 0.325. The van der Waals surface area contributed by atoms with Crippen LogP contribution in [-0.2, 0) is 19.0 Å². The Morgan fingerprint density at radius 2 is 2.13 bits per heavy atom. The number of aliphatic hydroxyl groups is 1. The number of ether oxygens (including phenoxy) is 3. The van der Waals surface area contributed by atoms with Gasteiger partial charge in [0, 0.05) is 18.7 Å². The summed E-state index contributed by atoms with van der Waals surface area (Å²) in [5.41, 5.74) is 0.888. The van der Waals surface area contributed by atoms with Crippen molar-refractivity contribution in [1.29, 1.82) is 0 Å².